The number of carbonyl (C=O) groups excluding carboxylic acids is 1. The summed E-state index contributed by atoms with van der Waals surface area (Å²) in [5.74, 6) is 2.10. The van der Waals surface area contributed by atoms with E-state index in [2.05, 4.69) is 5.32 Å². The van der Waals surface area contributed by atoms with Crippen LogP contribution in [0.4, 0.5) is 0 Å². The van der Waals surface area contributed by atoms with Crippen LogP contribution in [0.5, 0.6) is 23.0 Å². The van der Waals surface area contributed by atoms with Gasteiger partial charge in [0.25, 0.3) is 0 Å². The van der Waals surface area contributed by atoms with Crippen LogP contribution >= 0.6 is 0 Å². The van der Waals surface area contributed by atoms with E-state index >= 15 is 0 Å². The first-order chi connectivity index (χ1) is 13.7. The SMILES string of the molecule is COc1cc(/C=C/C(=O)NC[C@@H]2COc3ccccc3O2)ccc1OCC#N. The third-order valence-corrected chi connectivity index (χ3v) is 3.98. The number of carbonyl (C=O) groups is 1. The third kappa shape index (κ3) is 4.95. The number of amides is 1. The van der Waals surface area contributed by atoms with Gasteiger partial charge in [0.2, 0.25) is 5.91 Å². The number of methoxy groups -OCH3 is 1. The van der Waals surface area contributed by atoms with Crippen LogP contribution in [0, 0.1) is 11.3 Å². The van der Waals surface area contributed by atoms with Gasteiger partial charge in [0.1, 0.15) is 18.8 Å². The highest BCUT2D eigenvalue weighted by Crippen LogP contribution is 2.30. The van der Waals surface area contributed by atoms with Crippen LogP contribution in [0.25, 0.3) is 6.08 Å². The van der Waals surface area contributed by atoms with E-state index in [1.54, 1.807) is 24.3 Å². The first-order valence-corrected chi connectivity index (χ1v) is 8.72. The van der Waals surface area contributed by atoms with Crippen LogP contribution in [-0.2, 0) is 4.79 Å². The van der Waals surface area contributed by atoms with Gasteiger partial charge in [-0.1, -0.05) is 18.2 Å². The predicted octanol–water partition coefficient (Wildman–Crippen LogP) is 2.57. The summed E-state index contributed by atoms with van der Waals surface area (Å²) in [4.78, 5) is 12.1. The number of fused-ring (bicyclic) bond motifs is 1. The predicted molar refractivity (Wildman–Crippen MR) is 102 cm³/mol. The first-order valence-electron chi connectivity index (χ1n) is 8.72. The Balaban J connectivity index is 1.52. The molecule has 0 saturated heterocycles. The Kier molecular flexibility index (Phi) is 6.37. The molecule has 1 amide bonds. The maximum absolute atomic E-state index is 12.1. The molecular weight excluding hydrogens is 360 g/mol. The molecule has 3 rings (SSSR count). The molecule has 28 heavy (non-hydrogen) atoms. The highest BCUT2D eigenvalue weighted by Gasteiger charge is 2.20. The number of nitrogens with zero attached hydrogens (tertiary/aromatic N) is 1. The van der Waals surface area contributed by atoms with Crippen molar-refractivity contribution >= 4 is 12.0 Å². The van der Waals surface area contributed by atoms with Gasteiger partial charge < -0.3 is 24.3 Å². The minimum absolute atomic E-state index is 0.0641. The van der Waals surface area contributed by atoms with E-state index in [0.717, 1.165) is 5.56 Å². The molecular formula is C21H20N2O5. The molecule has 2 aromatic rings. The van der Waals surface area contributed by atoms with Crippen molar-refractivity contribution in [2.75, 3.05) is 26.9 Å². The third-order valence-electron chi connectivity index (χ3n) is 3.98. The molecule has 0 saturated carbocycles. The van der Waals surface area contributed by atoms with Crippen molar-refractivity contribution in [3.05, 3.63) is 54.1 Å². The molecule has 0 fully saturated rings. The smallest absolute Gasteiger partial charge is 0.244 e. The van der Waals surface area contributed by atoms with Crippen molar-refractivity contribution in [3.63, 3.8) is 0 Å². The number of rotatable bonds is 7. The van der Waals surface area contributed by atoms with Gasteiger partial charge in [0.15, 0.2) is 29.6 Å². The van der Waals surface area contributed by atoms with Gasteiger partial charge in [-0.15, -0.1) is 0 Å². The summed E-state index contributed by atoms with van der Waals surface area (Å²) in [7, 11) is 1.51. The summed E-state index contributed by atoms with van der Waals surface area (Å²) in [6.07, 6.45) is 2.85. The molecule has 1 N–H and O–H groups in total. The summed E-state index contributed by atoms with van der Waals surface area (Å²) in [5, 5.41) is 11.4. The summed E-state index contributed by atoms with van der Waals surface area (Å²) >= 11 is 0. The van der Waals surface area contributed by atoms with Crippen LogP contribution in [0.3, 0.4) is 0 Å². The Labute approximate surface area is 163 Å². The minimum atomic E-state index is -0.246. The molecule has 0 aromatic heterocycles. The van der Waals surface area contributed by atoms with E-state index in [4.69, 9.17) is 24.2 Å². The lowest BCUT2D eigenvalue weighted by Gasteiger charge is -2.26. The number of hydrogen-bond acceptors (Lipinski definition) is 6. The van der Waals surface area contributed by atoms with Gasteiger partial charge in [-0.05, 0) is 35.9 Å². The van der Waals surface area contributed by atoms with Gasteiger partial charge in [0.05, 0.1) is 13.7 Å². The van der Waals surface area contributed by atoms with E-state index < -0.39 is 0 Å². The molecule has 0 radical (unpaired) electrons. The fraction of sp³-hybridized carbons (Fsp3) is 0.238. The average molecular weight is 380 g/mol. The zero-order valence-corrected chi connectivity index (χ0v) is 15.4. The highest BCUT2D eigenvalue weighted by atomic mass is 16.6. The van der Waals surface area contributed by atoms with Gasteiger partial charge in [-0.3, -0.25) is 4.79 Å². The van der Waals surface area contributed by atoms with Crippen LogP contribution in [-0.4, -0.2) is 38.9 Å². The quantitative estimate of drug-likeness (QED) is 0.743. The molecule has 1 aliphatic heterocycles. The number of ether oxygens (including phenoxy) is 4. The van der Waals surface area contributed by atoms with Gasteiger partial charge in [-0.2, -0.15) is 5.26 Å². The molecule has 7 heteroatoms. The lowest BCUT2D eigenvalue weighted by Crippen LogP contribution is -2.40. The minimum Gasteiger partial charge on any atom is -0.493 e. The van der Waals surface area contributed by atoms with E-state index in [-0.39, 0.29) is 18.6 Å². The topological polar surface area (TPSA) is 89.8 Å². The van der Waals surface area contributed by atoms with E-state index in [1.807, 2.05) is 30.3 Å². The maximum Gasteiger partial charge on any atom is 0.244 e. The molecule has 2 aromatic carbocycles. The standard InChI is InChI=1S/C21H20N2O5/c1-25-20-12-15(6-8-18(20)26-11-10-22)7-9-21(24)23-13-16-14-27-17-4-2-3-5-19(17)28-16/h2-9,12,16H,11,13-14H2,1H3,(H,23,24)/b9-7+/t16-/m1/s1. The van der Waals surface area contributed by atoms with Gasteiger partial charge >= 0.3 is 0 Å². The molecule has 0 aliphatic carbocycles. The molecule has 1 atom stereocenters. The fourth-order valence-corrected chi connectivity index (χ4v) is 2.63. The molecule has 0 spiro atoms. The largest absolute Gasteiger partial charge is 0.493 e. The lowest BCUT2D eigenvalue weighted by atomic mass is 10.2. The summed E-state index contributed by atoms with van der Waals surface area (Å²) in [5.41, 5.74) is 0.766. The highest BCUT2D eigenvalue weighted by molar-refractivity contribution is 5.91. The monoisotopic (exact) mass is 380 g/mol. The van der Waals surface area contributed by atoms with Crippen LogP contribution in [0.15, 0.2) is 48.5 Å². The fourth-order valence-electron chi connectivity index (χ4n) is 2.63. The van der Waals surface area contributed by atoms with Crippen molar-refractivity contribution in [1.82, 2.24) is 5.32 Å². The second-order valence-corrected chi connectivity index (χ2v) is 5.93. The summed E-state index contributed by atoms with van der Waals surface area (Å²) < 4.78 is 21.9. The number of benzene rings is 2. The van der Waals surface area contributed by atoms with Crippen LogP contribution in [0.1, 0.15) is 5.56 Å². The maximum atomic E-state index is 12.1. The number of nitrogens with one attached hydrogen (secondary N) is 1. The van der Waals surface area contributed by atoms with Crippen molar-refractivity contribution in [1.29, 1.82) is 5.26 Å². The average Bonchev–Trinajstić information content (AvgIpc) is 2.74. The lowest BCUT2D eigenvalue weighted by molar-refractivity contribution is -0.116. The van der Waals surface area contributed by atoms with Crippen LogP contribution in [0.2, 0.25) is 0 Å². The Morgan fingerprint density at radius 2 is 2.11 bits per heavy atom. The Bertz CT molecular complexity index is 904. The van der Waals surface area contributed by atoms with E-state index in [0.29, 0.717) is 36.1 Å². The van der Waals surface area contributed by atoms with Gasteiger partial charge in [-0.25, -0.2) is 0 Å². The summed E-state index contributed by atoms with van der Waals surface area (Å²) in [6, 6.07) is 14.5. The molecule has 7 nitrogen and oxygen atoms in total. The molecule has 144 valence electrons. The van der Waals surface area contributed by atoms with Crippen molar-refractivity contribution < 1.29 is 23.7 Å². The normalized spacial score (nSPS) is 14.9. The van der Waals surface area contributed by atoms with E-state index in [9.17, 15) is 4.79 Å². The number of nitriles is 1. The second kappa shape index (κ2) is 9.33. The Hall–Kier alpha value is -3.66. The zero-order chi connectivity index (χ0) is 19.8. The zero-order valence-electron chi connectivity index (χ0n) is 15.4. The number of hydrogen-bond donors (Lipinski definition) is 1. The Morgan fingerprint density at radius 1 is 1.29 bits per heavy atom. The molecule has 1 aliphatic rings. The molecule has 1 heterocycles. The van der Waals surface area contributed by atoms with Gasteiger partial charge in [0, 0.05) is 6.08 Å². The second-order valence-electron chi connectivity index (χ2n) is 5.93. The number of para-hydroxylation sites is 2. The molecule has 0 bridgehead atoms. The van der Waals surface area contributed by atoms with E-state index in [1.165, 1.54) is 13.2 Å². The van der Waals surface area contributed by atoms with Crippen LogP contribution < -0.4 is 24.3 Å². The molecule has 0 unspecified atom stereocenters. The van der Waals surface area contributed by atoms with Crippen molar-refractivity contribution in [3.8, 4) is 29.1 Å². The Morgan fingerprint density at radius 3 is 2.89 bits per heavy atom. The first kappa shape index (κ1) is 19.1. The van der Waals surface area contributed by atoms with Crippen molar-refractivity contribution in [2.45, 2.75) is 6.10 Å². The summed E-state index contributed by atoms with van der Waals surface area (Å²) in [6.45, 7) is 0.648. The van der Waals surface area contributed by atoms with Crippen molar-refractivity contribution in [2.24, 2.45) is 0 Å².